The molecule has 0 radical (unpaired) electrons. The molecular formula is C31H38F3N3O5S2. The average molecular weight is 654 g/mol. The van der Waals surface area contributed by atoms with Crippen molar-refractivity contribution >= 4 is 42.6 Å². The highest BCUT2D eigenvalue weighted by molar-refractivity contribution is 7.90. The van der Waals surface area contributed by atoms with E-state index in [1.165, 1.54) is 30.6 Å². The van der Waals surface area contributed by atoms with Crippen molar-refractivity contribution in [1.29, 1.82) is 0 Å². The molecule has 1 aliphatic rings. The van der Waals surface area contributed by atoms with Crippen LogP contribution >= 0.6 is 11.3 Å². The van der Waals surface area contributed by atoms with Crippen molar-refractivity contribution in [1.82, 2.24) is 4.90 Å². The predicted octanol–water partition coefficient (Wildman–Crippen LogP) is 4.89. The standard InChI is InChI=1S/C31H38F3N3O5S2/c1-42-28-19-23(44(2,40)41)12-13-26(28)35-14-4-7-29-25(20-31(32,33)34)24-5-3-6-27(30(24)43-29)36-21-8-10-22(11-9-21)37(15-17-38)16-18-39/h3,5-6,12-13,19,21-22,35-36,38-39H,8-11,14-18,20H2,1-2H3. The number of alkyl halides is 3. The highest BCUT2D eigenvalue weighted by Gasteiger charge is 2.31. The maximum absolute atomic E-state index is 13.7. The molecule has 1 aromatic heterocycles. The smallest absolute Gasteiger partial charge is 0.393 e. The number of benzene rings is 2. The van der Waals surface area contributed by atoms with Gasteiger partial charge in [0.2, 0.25) is 0 Å². The summed E-state index contributed by atoms with van der Waals surface area (Å²) in [6, 6.07) is 10.2. The Morgan fingerprint density at radius 2 is 1.77 bits per heavy atom. The molecule has 0 bridgehead atoms. The molecule has 4 N–H and O–H groups in total. The van der Waals surface area contributed by atoms with E-state index in [2.05, 4.69) is 27.4 Å². The van der Waals surface area contributed by atoms with Crippen molar-refractivity contribution in [3.63, 3.8) is 0 Å². The molecule has 240 valence electrons. The van der Waals surface area contributed by atoms with Crippen LogP contribution in [0.5, 0.6) is 5.75 Å². The van der Waals surface area contributed by atoms with Crippen LogP contribution in [-0.4, -0.2) is 88.0 Å². The number of hydrogen-bond acceptors (Lipinski definition) is 9. The van der Waals surface area contributed by atoms with Crippen LogP contribution in [0.3, 0.4) is 0 Å². The van der Waals surface area contributed by atoms with Crippen molar-refractivity contribution < 1.29 is 36.5 Å². The number of thiophene rings is 1. The molecule has 1 saturated carbocycles. The average Bonchev–Trinajstić information content (AvgIpc) is 3.31. The van der Waals surface area contributed by atoms with Crippen molar-refractivity contribution in [2.45, 2.75) is 55.3 Å². The number of nitrogens with zero attached hydrogens (tertiary/aromatic N) is 1. The van der Waals surface area contributed by atoms with Gasteiger partial charge in [0, 0.05) is 37.5 Å². The summed E-state index contributed by atoms with van der Waals surface area (Å²) in [6.07, 6.45) is -0.890. The lowest BCUT2D eigenvalue weighted by molar-refractivity contribution is -0.126. The van der Waals surface area contributed by atoms with Gasteiger partial charge in [-0.25, -0.2) is 8.42 Å². The summed E-state index contributed by atoms with van der Waals surface area (Å²) in [6.45, 7) is 1.20. The second-order valence-corrected chi connectivity index (χ2v) is 13.8. The van der Waals surface area contributed by atoms with E-state index in [0.717, 1.165) is 42.3 Å². The summed E-state index contributed by atoms with van der Waals surface area (Å²) in [5.41, 5.74) is 1.44. The number of rotatable bonds is 12. The molecule has 1 heterocycles. The number of ether oxygens (including phenoxy) is 1. The summed E-state index contributed by atoms with van der Waals surface area (Å²) in [4.78, 5) is 2.57. The van der Waals surface area contributed by atoms with Gasteiger partial charge in [0.25, 0.3) is 0 Å². The van der Waals surface area contributed by atoms with Gasteiger partial charge in [0.1, 0.15) is 5.75 Å². The third-order valence-corrected chi connectivity index (χ3v) is 10.0. The second kappa shape index (κ2) is 14.8. The van der Waals surface area contributed by atoms with Crippen LogP contribution in [0.1, 0.15) is 36.1 Å². The van der Waals surface area contributed by atoms with Gasteiger partial charge >= 0.3 is 6.18 Å². The van der Waals surface area contributed by atoms with E-state index in [0.29, 0.717) is 34.8 Å². The van der Waals surface area contributed by atoms with Crippen molar-refractivity contribution in [3.05, 3.63) is 46.8 Å². The first-order valence-electron chi connectivity index (χ1n) is 14.4. The number of anilines is 2. The lowest BCUT2D eigenvalue weighted by Gasteiger charge is -2.37. The van der Waals surface area contributed by atoms with Gasteiger partial charge in [-0.2, -0.15) is 13.2 Å². The van der Waals surface area contributed by atoms with E-state index in [9.17, 15) is 31.8 Å². The minimum atomic E-state index is -4.41. The lowest BCUT2D eigenvalue weighted by atomic mass is 9.90. The van der Waals surface area contributed by atoms with Crippen LogP contribution in [-0.2, 0) is 16.3 Å². The van der Waals surface area contributed by atoms with Gasteiger partial charge in [-0.05, 0) is 54.8 Å². The number of halogens is 3. The normalized spacial score (nSPS) is 17.4. The summed E-state index contributed by atoms with van der Waals surface area (Å²) < 4.78 is 70.7. The zero-order chi connectivity index (χ0) is 31.9. The van der Waals surface area contributed by atoms with Crippen LogP contribution in [0, 0.1) is 11.8 Å². The maximum atomic E-state index is 13.7. The largest absolute Gasteiger partial charge is 0.495 e. The fourth-order valence-electron chi connectivity index (χ4n) is 5.61. The zero-order valence-corrected chi connectivity index (χ0v) is 26.3. The molecule has 44 heavy (non-hydrogen) atoms. The van der Waals surface area contributed by atoms with Gasteiger partial charge < -0.3 is 25.6 Å². The number of methoxy groups -OCH3 is 1. The molecule has 13 heteroatoms. The van der Waals surface area contributed by atoms with Gasteiger partial charge in [0.15, 0.2) is 9.84 Å². The first-order valence-corrected chi connectivity index (χ1v) is 17.1. The Balaban J connectivity index is 1.53. The second-order valence-electron chi connectivity index (χ2n) is 10.8. The fourth-order valence-corrected chi connectivity index (χ4v) is 7.42. The summed E-state index contributed by atoms with van der Waals surface area (Å²) in [7, 11) is -2.00. The molecule has 3 aromatic rings. The molecular weight excluding hydrogens is 615 g/mol. The van der Waals surface area contributed by atoms with Gasteiger partial charge in [0.05, 0.1) is 59.1 Å². The monoisotopic (exact) mass is 653 g/mol. The summed E-state index contributed by atoms with van der Waals surface area (Å²) in [5, 5.41) is 25.9. The third-order valence-electron chi connectivity index (χ3n) is 7.71. The van der Waals surface area contributed by atoms with Crippen LogP contribution in [0.4, 0.5) is 24.5 Å². The van der Waals surface area contributed by atoms with Crippen LogP contribution in [0.2, 0.25) is 0 Å². The van der Waals surface area contributed by atoms with E-state index in [1.807, 2.05) is 6.07 Å². The molecule has 0 spiro atoms. The van der Waals surface area contributed by atoms with Crippen molar-refractivity contribution in [3.8, 4) is 17.6 Å². The Bertz CT molecular complexity index is 1580. The van der Waals surface area contributed by atoms with Gasteiger partial charge in [-0.15, -0.1) is 11.3 Å². The van der Waals surface area contributed by atoms with Gasteiger partial charge in [-0.1, -0.05) is 24.0 Å². The number of hydrogen-bond donors (Lipinski definition) is 4. The van der Waals surface area contributed by atoms with E-state index in [1.54, 1.807) is 18.2 Å². The van der Waals surface area contributed by atoms with E-state index in [4.69, 9.17) is 4.74 Å². The number of sulfone groups is 1. The maximum Gasteiger partial charge on any atom is 0.393 e. The Morgan fingerprint density at radius 1 is 1.07 bits per heavy atom. The summed E-state index contributed by atoms with van der Waals surface area (Å²) in [5.74, 6) is 6.17. The molecule has 0 atom stereocenters. The number of nitrogens with one attached hydrogen (secondary N) is 2. The van der Waals surface area contributed by atoms with Crippen molar-refractivity contribution in [2.24, 2.45) is 0 Å². The molecule has 1 fully saturated rings. The molecule has 2 aromatic carbocycles. The van der Waals surface area contributed by atoms with E-state index in [-0.39, 0.29) is 42.3 Å². The quantitative estimate of drug-likeness (QED) is 0.205. The Morgan fingerprint density at radius 3 is 2.39 bits per heavy atom. The van der Waals surface area contributed by atoms with Crippen LogP contribution in [0.15, 0.2) is 41.3 Å². The highest BCUT2D eigenvalue weighted by Crippen LogP contribution is 2.40. The van der Waals surface area contributed by atoms with Crippen LogP contribution in [0.25, 0.3) is 10.1 Å². The zero-order valence-electron chi connectivity index (χ0n) is 24.7. The van der Waals surface area contributed by atoms with Crippen molar-refractivity contribution in [2.75, 3.05) is 56.8 Å². The Kier molecular flexibility index (Phi) is 11.4. The van der Waals surface area contributed by atoms with Crippen LogP contribution < -0.4 is 15.4 Å². The Labute approximate surface area is 260 Å². The number of aliphatic hydroxyl groups excluding tert-OH is 2. The third kappa shape index (κ3) is 8.79. The molecule has 0 aliphatic heterocycles. The lowest BCUT2D eigenvalue weighted by Crippen LogP contribution is -2.43. The summed E-state index contributed by atoms with van der Waals surface area (Å²) >= 11 is 1.24. The number of aliphatic hydroxyl groups is 2. The molecule has 8 nitrogen and oxygen atoms in total. The van der Waals surface area contributed by atoms with E-state index >= 15 is 0 Å². The predicted molar refractivity (Wildman–Crippen MR) is 168 cm³/mol. The number of fused-ring (bicyclic) bond motifs is 1. The molecule has 0 amide bonds. The molecule has 1 aliphatic carbocycles. The topological polar surface area (TPSA) is 111 Å². The molecule has 0 saturated heterocycles. The minimum Gasteiger partial charge on any atom is -0.495 e. The minimum absolute atomic E-state index is 0.0345. The first-order chi connectivity index (χ1) is 20.9. The first kappa shape index (κ1) is 33.9. The SMILES string of the molecule is COc1cc(S(C)(=O)=O)ccc1NCC#Cc1sc2c(NC3CCC(N(CCO)CCO)CC3)cccc2c1CC(F)(F)F. The highest BCUT2D eigenvalue weighted by atomic mass is 32.2. The fraction of sp³-hybridized carbons (Fsp3) is 0.484. The molecule has 0 unspecified atom stereocenters. The molecule has 4 rings (SSSR count). The van der Waals surface area contributed by atoms with Gasteiger partial charge in [-0.3, -0.25) is 4.90 Å². The van der Waals surface area contributed by atoms with E-state index < -0.39 is 22.4 Å². The Hall–Kier alpha value is -3.02.